The molecule has 1 unspecified atom stereocenters. The van der Waals surface area contributed by atoms with E-state index in [2.05, 4.69) is 39.7 Å². The van der Waals surface area contributed by atoms with Crippen LogP contribution in [-0.2, 0) is 7.05 Å². The first-order valence-corrected chi connectivity index (χ1v) is 13.0. The van der Waals surface area contributed by atoms with Gasteiger partial charge >= 0.3 is 0 Å². The van der Waals surface area contributed by atoms with Gasteiger partial charge in [0.05, 0.1) is 29.1 Å². The number of hydrogen-bond donors (Lipinski definition) is 0. The number of hydrogen-bond acceptors (Lipinski definition) is 6. The van der Waals surface area contributed by atoms with Gasteiger partial charge in [0.2, 0.25) is 0 Å². The highest BCUT2D eigenvalue weighted by Crippen LogP contribution is 2.36. The van der Waals surface area contributed by atoms with Gasteiger partial charge in [0.15, 0.2) is 0 Å². The van der Waals surface area contributed by atoms with E-state index in [0.29, 0.717) is 34.8 Å². The van der Waals surface area contributed by atoms with Crippen molar-refractivity contribution in [3.05, 3.63) is 98.9 Å². The number of aryl methyl sites for hydroxylation is 1. The van der Waals surface area contributed by atoms with Crippen molar-refractivity contribution in [1.82, 2.24) is 19.4 Å². The van der Waals surface area contributed by atoms with Crippen LogP contribution < -0.4 is 10.5 Å². The first kappa shape index (κ1) is 25.8. The molecule has 0 amide bonds. The summed E-state index contributed by atoms with van der Waals surface area (Å²) in [7, 11) is 1.71. The molecule has 7 nitrogen and oxygen atoms in total. The Kier molecular flexibility index (Phi) is 7.15. The van der Waals surface area contributed by atoms with Crippen LogP contribution in [0.4, 0.5) is 10.1 Å². The molecular formula is C29H28ClFN6O. The fourth-order valence-corrected chi connectivity index (χ4v) is 5.53. The van der Waals surface area contributed by atoms with Crippen LogP contribution in [0.2, 0.25) is 5.02 Å². The van der Waals surface area contributed by atoms with Crippen molar-refractivity contribution < 1.29 is 4.39 Å². The molecule has 0 aliphatic carbocycles. The Labute approximate surface area is 225 Å². The van der Waals surface area contributed by atoms with Gasteiger partial charge < -0.3 is 9.47 Å². The quantitative estimate of drug-likeness (QED) is 0.358. The Morgan fingerprint density at radius 2 is 1.92 bits per heavy atom. The molecule has 1 aromatic carbocycles. The maximum atomic E-state index is 13.8. The minimum Gasteiger partial charge on any atom is -0.364 e. The highest BCUT2D eigenvalue weighted by atomic mass is 35.5. The molecule has 3 aromatic heterocycles. The van der Waals surface area contributed by atoms with Gasteiger partial charge in [0.25, 0.3) is 5.56 Å². The average Bonchev–Trinajstić information content (AvgIpc) is 2.93. The zero-order chi connectivity index (χ0) is 27.0. The normalized spacial score (nSPS) is 18.9. The largest absolute Gasteiger partial charge is 0.364 e. The molecule has 3 atom stereocenters. The molecule has 0 radical (unpaired) electrons. The van der Waals surface area contributed by atoms with Crippen molar-refractivity contribution >= 4 is 28.3 Å². The SMILES string of the molecule is CC[C@@H]1CN(c2cc(=O)n(C)c3ccc(C#N)nc23)[C@@H](C)CN1C(c1ccc(Cl)cc1)c1ccc(F)cn1. The summed E-state index contributed by atoms with van der Waals surface area (Å²) in [6, 6.07) is 17.9. The molecular weight excluding hydrogens is 503 g/mol. The van der Waals surface area contributed by atoms with Gasteiger partial charge in [0, 0.05) is 43.3 Å². The Balaban J connectivity index is 1.58. The first-order chi connectivity index (χ1) is 18.3. The zero-order valence-corrected chi connectivity index (χ0v) is 22.2. The summed E-state index contributed by atoms with van der Waals surface area (Å²) < 4.78 is 15.3. The summed E-state index contributed by atoms with van der Waals surface area (Å²) in [6.07, 6.45) is 2.09. The number of piperazine rings is 1. The number of pyridine rings is 3. The van der Waals surface area contributed by atoms with E-state index in [9.17, 15) is 14.4 Å². The molecule has 38 heavy (non-hydrogen) atoms. The van der Waals surface area contributed by atoms with Crippen molar-refractivity contribution in [2.24, 2.45) is 7.05 Å². The van der Waals surface area contributed by atoms with Gasteiger partial charge in [-0.1, -0.05) is 30.7 Å². The van der Waals surface area contributed by atoms with E-state index < -0.39 is 0 Å². The maximum Gasteiger partial charge on any atom is 0.252 e. The standard InChI is InChI=1S/C29H28ClFN6O/c1-4-23-17-36(26-13-27(38)35(3)25-12-10-22(14-32)34-28(25)26)18(2)16-37(23)29(19-5-7-20(30)8-6-19)24-11-9-21(31)15-33-24/h5-13,15,18,23,29H,4,16-17H2,1-3H3/t18-,23+,29?/m0/s1. The lowest BCUT2D eigenvalue weighted by Crippen LogP contribution is -2.58. The summed E-state index contributed by atoms with van der Waals surface area (Å²) >= 11 is 6.19. The van der Waals surface area contributed by atoms with E-state index in [1.165, 1.54) is 12.3 Å². The summed E-state index contributed by atoms with van der Waals surface area (Å²) in [5, 5.41) is 10.1. The third-order valence-electron chi connectivity index (χ3n) is 7.40. The van der Waals surface area contributed by atoms with Gasteiger partial charge in [-0.3, -0.25) is 14.7 Å². The second kappa shape index (κ2) is 10.5. The van der Waals surface area contributed by atoms with Crippen LogP contribution in [0.5, 0.6) is 0 Å². The third kappa shape index (κ3) is 4.75. The van der Waals surface area contributed by atoms with Gasteiger partial charge in [-0.05, 0) is 55.3 Å². The Hall–Kier alpha value is -3.80. The van der Waals surface area contributed by atoms with E-state index in [-0.39, 0.29) is 29.5 Å². The Morgan fingerprint density at radius 1 is 1.16 bits per heavy atom. The highest BCUT2D eigenvalue weighted by molar-refractivity contribution is 6.30. The van der Waals surface area contributed by atoms with Crippen LogP contribution in [-0.4, -0.2) is 44.6 Å². The van der Waals surface area contributed by atoms with Crippen LogP contribution in [0.15, 0.2) is 65.6 Å². The molecule has 9 heteroatoms. The minimum absolute atomic E-state index is 0.0101. The average molecular weight is 531 g/mol. The summed E-state index contributed by atoms with van der Waals surface area (Å²) in [6.45, 7) is 5.56. The smallest absolute Gasteiger partial charge is 0.252 e. The minimum atomic E-state index is -0.379. The van der Waals surface area contributed by atoms with Crippen molar-refractivity contribution in [1.29, 1.82) is 5.26 Å². The second-order valence-corrected chi connectivity index (χ2v) is 10.2. The van der Waals surface area contributed by atoms with Crippen LogP contribution in [0, 0.1) is 17.1 Å². The number of halogens is 2. The number of nitriles is 1. The van der Waals surface area contributed by atoms with Gasteiger partial charge in [-0.2, -0.15) is 5.26 Å². The lowest BCUT2D eigenvalue weighted by molar-refractivity contribution is 0.114. The number of aromatic nitrogens is 3. The fourth-order valence-electron chi connectivity index (χ4n) is 5.40. The first-order valence-electron chi connectivity index (χ1n) is 12.6. The number of fused-ring (bicyclic) bond motifs is 1. The predicted octanol–water partition coefficient (Wildman–Crippen LogP) is 5.07. The van der Waals surface area contributed by atoms with Crippen molar-refractivity contribution in [3.63, 3.8) is 0 Å². The predicted molar refractivity (Wildman–Crippen MR) is 147 cm³/mol. The van der Waals surface area contributed by atoms with E-state index in [1.807, 2.05) is 24.3 Å². The van der Waals surface area contributed by atoms with Crippen molar-refractivity contribution in [2.45, 2.75) is 38.4 Å². The molecule has 1 aliphatic heterocycles. The second-order valence-electron chi connectivity index (χ2n) is 9.72. The number of benzene rings is 1. The molecule has 0 N–H and O–H groups in total. The van der Waals surface area contributed by atoms with E-state index in [1.54, 1.807) is 35.9 Å². The summed E-state index contributed by atoms with van der Waals surface area (Å²) in [5.74, 6) is -0.379. The van der Waals surface area contributed by atoms with Gasteiger partial charge in [-0.15, -0.1) is 0 Å². The highest BCUT2D eigenvalue weighted by Gasteiger charge is 2.37. The molecule has 5 rings (SSSR count). The van der Waals surface area contributed by atoms with E-state index >= 15 is 0 Å². The van der Waals surface area contributed by atoms with E-state index in [0.717, 1.165) is 23.4 Å². The Bertz CT molecular complexity index is 1520. The molecule has 4 heterocycles. The lowest BCUT2D eigenvalue weighted by Gasteiger charge is -2.49. The molecule has 194 valence electrons. The monoisotopic (exact) mass is 530 g/mol. The molecule has 0 spiro atoms. The van der Waals surface area contributed by atoms with Crippen LogP contribution in [0.1, 0.15) is 43.3 Å². The van der Waals surface area contributed by atoms with Gasteiger partial charge in [0.1, 0.15) is 23.1 Å². The van der Waals surface area contributed by atoms with Crippen LogP contribution >= 0.6 is 11.6 Å². The Morgan fingerprint density at radius 3 is 2.58 bits per heavy atom. The van der Waals surface area contributed by atoms with E-state index in [4.69, 9.17) is 11.6 Å². The fraction of sp³-hybridized carbons (Fsp3) is 0.310. The van der Waals surface area contributed by atoms with Gasteiger partial charge in [-0.25, -0.2) is 9.37 Å². The molecule has 1 saturated heterocycles. The topological polar surface area (TPSA) is 78.0 Å². The van der Waals surface area contributed by atoms with Crippen molar-refractivity contribution in [3.8, 4) is 6.07 Å². The molecule has 4 aromatic rings. The number of rotatable bonds is 5. The number of anilines is 1. The summed E-state index contributed by atoms with van der Waals surface area (Å²) in [5.41, 5.74) is 4.00. The van der Waals surface area contributed by atoms with Crippen molar-refractivity contribution in [2.75, 3.05) is 18.0 Å². The molecule has 0 saturated carbocycles. The van der Waals surface area contributed by atoms with Crippen LogP contribution in [0.3, 0.4) is 0 Å². The molecule has 1 aliphatic rings. The third-order valence-corrected chi connectivity index (χ3v) is 7.65. The lowest BCUT2D eigenvalue weighted by atomic mass is 9.94. The zero-order valence-electron chi connectivity index (χ0n) is 21.5. The number of nitrogens with zero attached hydrogens (tertiary/aromatic N) is 6. The van der Waals surface area contributed by atoms with Crippen LogP contribution in [0.25, 0.3) is 11.0 Å². The summed E-state index contributed by atoms with van der Waals surface area (Å²) in [4.78, 5) is 26.6. The maximum absolute atomic E-state index is 13.8. The molecule has 0 bridgehead atoms. The molecule has 1 fully saturated rings.